The zero-order valence-electron chi connectivity index (χ0n) is 19.1. The molecule has 3 heterocycles. The summed E-state index contributed by atoms with van der Waals surface area (Å²) in [6, 6.07) is 11.3. The van der Waals surface area contributed by atoms with E-state index in [2.05, 4.69) is 9.88 Å². The summed E-state index contributed by atoms with van der Waals surface area (Å²) >= 11 is 12.6. The number of Topliss-reactive ketones (excluding diaryl/α,β-unsaturated/α-hetero) is 1. The van der Waals surface area contributed by atoms with Crippen LogP contribution in [0.1, 0.15) is 34.1 Å². The van der Waals surface area contributed by atoms with Crippen LogP contribution in [0.5, 0.6) is 0 Å². The average Bonchev–Trinajstić information content (AvgIpc) is 3.47. The first-order valence-corrected chi connectivity index (χ1v) is 11.9. The summed E-state index contributed by atoms with van der Waals surface area (Å²) in [5, 5.41) is 0.505. The third-order valence-electron chi connectivity index (χ3n) is 6.54. The Bertz CT molecular complexity index is 1330. The lowest BCUT2D eigenvalue weighted by Gasteiger charge is -2.32. The van der Waals surface area contributed by atoms with Crippen molar-refractivity contribution < 1.29 is 18.7 Å². The molecule has 9 heteroatoms. The minimum atomic E-state index is -0.700. The number of pyridine rings is 1. The van der Waals surface area contributed by atoms with Crippen molar-refractivity contribution in [3.05, 3.63) is 75.7 Å². The van der Waals surface area contributed by atoms with Crippen LogP contribution in [-0.2, 0) is 4.74 Å². The van der Waals surface area contributed by atoms with Crippen molar-refractivity contribution in [3.63, 3.8) is 0 Å². The summed E-state index contributed by atoms with van der Waals surface area (Å²) < 4.78 is 20.3. The van der Waals surface area contributed by atoms with Gasteiger partial charge in [-0.05, 0) is 49.7 Å². The fourth-order valence-electron chi connectivity index (χ4n) is 4.69. The lowest BCUT2D eigenvalue weighted by atomic mass is 10.0. The van der Waals surface area contributed by atoms with E-state index in [-0.39, 0.29) is 28.5 Å². The number of ether oxygens (including phenoxy) is 1. The van der Waals surface area contributed by atoms with Gasteiger partial charge in [-0.1, -0.05) is 29.3 Å². The molecule has 2 fully saturated rings. The lowest BCUT2D eigenvalue weighted by molar-refractivity contribution is 0.0983. The molecule has 35 heavy (non-hydrogen) atoms. The second-order valence-corrected chi connectivity index (χ2v) is 9.59. The Labute approximate surface area is 212 Å². The Kier molecular flexibility index (Phi) is 6.25. The molecule has 6 nitrogen and oxygen atoms in total. The zero-order chi connectivity index (χ0) is 24.9. The van der Waals surface area contributed by atoms with E-state index in [1.807, 2.05) is 6.07 Å². The number of morpholine rings is 1. The van der Waals surface area contributed by atoms with Crippen LogP contribution in [0.15, 0.2) is 48.7 Å². The molecule has 2 aliphatic rings. The fourth-order valence-corrected chi connectivity index (χ4v) is 5.16. The number of carbonyl (C=O) groups is 2. The van der Waals surface area contributed by atoms with Crippen molar-refractivity contribution in [1.29, 1.82) is 0 Å². The van der Waals surface area contributed by atoms with E-state index in [9.17, 15) is 14.0 Å². The zero-order valence-corrected chi connectivity index (χ0v) is 20.6. The molecule has 2 aromatic carbocycles. The summed E-state index contributed by atoms with van der Waals surface area (Å²) in [5.74, 6) is -1.01. The molecule has 2 unspecified atom stereocenters. The van der Waals surface area contributed by atoms with Gasteiger partial charge < -0.3 is 9.64 Å². The Morgan fingerprint density at radius 2 is 1.97 bits per heavy atom. The van der Waals surface area contributed by atoms with Crippen LogP contribution >= 0.6 is 23.2 Å². The van der Waals surface area contributed by atoms with E-state index in [0.717, 1.165) is 6.42 Å². The molecule has 0 N–H and O–H groups in total. The number of ketones is 1. The molecule has 2 aliphatic heterocycles. The van der Waals surface area contributed by atoms with Gasteiger partial charge in [0.25, 0.3) is 5.91 Å². The maximum absolute atomic E-state index is 14.5. The molecule has 2 atom stereocenters. The predicted octanol–water partition coefficient (Wildman–Crippen LogP) is 5.65. The molecule has 2 saturated heterocycles. The monoisotopic (exact) mass is 513 g/mol. The van der Waals surface area contributed by atoms with E-state index in [1.165, 1.54) is 30.0 Å². The molecule has 0 spiro atoms. The quantitative estimate of drug-likeness (QED) is 0.412. The number of nitrogens with zero attached hydrogens (tertiary/aromatic N) is 3. The van der Waals surface area contributed by atoms with Crippen molar-refractivity contribution in [3.8, 4) is 11.1 Å². The maximum atomic E-state index is 14.5. The standard InChI is InChI=1S/C26H22Cl2FN3O3/c1-14(33)15-6-7-20(27)19(8-15)16-9-23(32-12-18-10-17(32)13-35-18)25(30-11-16)31(2)26(34)24-21(28)4-3-5-22(24)29/h3-9,11,17-18H,10,12-13H2,1-2H3. The van der Waals surface area contributed by atoms with Gasteiger partial charge in [0.15, 0.2) is 11.6 Å². The van der Waals surface area contributed by atoms with Crippen LogP contribution in [-0.4, -0.2) is 49.0 Å². The van der Waals surface area contributed by atoms with Crippen molar-refractivity contribution in [2.75, 3.05) is 30.0 Å². The van der Waals surface area contributed by atoms with Gasteiger partial charge in [0.2, 0.25) is 0 Å². The van der Waals surface area contributed by atoms with E-state index in [0.29, 0.717) is 46.4 Å². The maximum Gasteiger partial charge on any atom is 0.263 e. The smallest absolute Gasteiger partial charge is 0.263 e. The summed E-state index contributed by atoms with van der Waals surface area (Å²) in [6.45, 7) is 2.72. The predicted molar refractivity (Wildman–Crippen MR) is 134 cm³/mol. The second-order valence-electron chi connectivity index (χ2n) is 8.78. The highest BCUT2D eigenvalue weighted by Crippen LogP contribution is 2.40. The van der Waals surface area contributed by atoms with Crippen molar-refractivity contribution in [1.82, 2.24) is 4.98 Å². The van der Waals surface area contributed by atoms with Gasteiger partial charge in [-0.15, -0.1) is 0 Å². The molecule has 1 amide bonds. The van der Waals surface area contributed by atoms with Crippen LogP contribution in [0.2, 0.25) is 10.0 Å². The van der Waals surface area contributed by atoms with Crippen molar-refractivity contribution >= 4 is 46.4 Å². The minimum absolute atomic E-state index is 0.0291. The minimum Gasteiger partial charge on any atom is -0.374 e. The van der Waals surface area contributed by atoms with Gasteiger partial charge in [-0.3, -0.25) is 14.5 Å². The Morgan fingerprint density at radius 1 is 1.17 bits per heavy atom. The first-order chi connectivity index (χ1) is 16.7. The Balaban J connectivity index is 1.61. The topological polar surface area (TPSA) is 62.7 Å². The van der Waals surface area contributed by atoms with Crippen molar-refractivity contribution in [2.24, 2.45) is 0 Å². The Hall–Kier alpha value is -3.00. The summed E-state index contributed by atoms with van der Waals surface area (Å²) in [4.78, 5) is 33.3. The van der Waals surface area contributed by atoms with Crippen LogP contribution < -0.4 is 9.80 Å². The number of aromatic nitrogens is 1. The van der Waals surface area contributed by atoms with Crippen LogP contribution in [0.4, 0.5) is 15.9 Å². The first kappa shape index (κ1) is 23.7. The molecule has 5 rings (SSSR count). The average molecular weight is 514 g/mol. The molecule has 3 aromatic rings. The highest BCUT2D eigenvalue weighted by Gasteiger charge is 2.41. The van der Waals surface area contributed by atoms with Crippen LogP contribution in [0.3, 0.4) is 0 Å². The molecule has 0 saturated carbocycles. The highest BCUT2D eigenvalue weighted by molar-refractivity contribution is 6.34. The van der Waals surface area contributed by atoms with E-state index >= 15 is 0 Å². The van der Waals surface area contributed by atoms with Crippen LogP contribution in [0, 0.1) is 5.82 Å². The van der Waals surface area contributed by atoms with Crippen LogP contribution in [0.25, 0.3) is 11.1 Å². The highest BCUT2D eigenvalue weighted by atomic mass is 35.5. The molecule has 2 bridgehead atoms. The number of hydrogen-bond donors (Lipinski definition) is 0. The SMILES string of the molecule is CC(=O)c1ccc(Cl)c(-c2cnc(N(C)C(=O)c3c(F)cccc3Cl)c(N3CC4CC3CO4)c2)c1. The second kappa shape index (κ2) is 9.22. The number of anilines is 2. The van der Waals surface area contributed by atoms with Gasteiger partial charge in [-0.25, -0.2) is 9.37 Å². The molecular formula is C26H22Cl2FN3O3. The molecule has 0 aliphatic carbocycles. The largest absolute Gasteiger partial charge is 0.374 e. The fraction of sp³-hybridized carbons (Fsp3) is 0.269. The van der Waals surface area contributed by atoms with Gasteiger partial charge >= 0.3 is 0 Å². The summed E-state index contributed by atoms with van der Waals surface area (Å²) in [6.07, 6.45) is 2.57. The first-order valence-electron chi connectivity index (χ1n) is 11.2. The number of benzene rings is 2. The molecule has 180 valence electrons. The molecule has 0 radical (unpaired) electrons. The van der Waals surface area contributed by atoms with Gasteiger partial charge in [0, 0.05) is 41.5 Å². The van der Waals surface area contributed by atoms with E-state index in [1.54, 1.807) is 31.4 Å². The number of rotatable bonds is 5. The van der Waals surface area contributed by atoms with Crippen molar-refractivity contribution in [2.45, 2.75) is 25.5 Å². The number of halogens is 3. The van der Waals surface area contributed by atoms with Gasteiger partial charge in [0.05, 0.1) is 35.0 Å². The Morgan fingerprint density at radius 3 is 2.63 bits per heavy atom. The van der Waals surface area contributed by atoms with Gasteiger partial charge in [0.1, 0.15) is 5.82 Å². The third kappa shape index (κ3) is 4.29. The third-order valence-corrected chi connectivity index (χ3v) is 7.18. The molecule has 1 aromatic heterocycles. The number of fused-ring (bicyclic) bond motifs is 2. The number of carbonyl (C=O) groups excluding carboxylic acids is 2. The van der Waals surface area contributed by atoms with Gasteiger partial charge in [-0.2, -0.15) is 0 Å². The lowest BCUT2D eigenvalue weighted by Crippen LogP contribution is -2.39. The summed E-state index contributed by atoms with van der Waals surface area (Å²) in [5.41, 5.74) is 2.38. The van der Waals surface area contributed by atoms with E-state index in [4.69, 9.17) is 27.9 Å². The summed E-state index contributed by atoms with van der Waals surface area (Å²) in [7, 11) is 1.55. The van der Waals surface area contributed by atoms with E-state index < -0.39 is 11.7 Å². The number of amides is 1. The molecular weight excluding hydrogens is 492 g/mol. The normalized spacial score (nSPS) is 18.7. The number of hydrogen-bond acceptors (Lipinski definition) is 5.